The highest BCUT2D eigenvalue weighted by Crippen LogP contribution is 2.30. The van der Waals surface area contributed by atoms with Crippen LogP contribution in [0.15, 0.2) is 102 Å². The molecule has 0 radical (unpaired) electrons. The van der Waals surface area contributed by atoms with Gasteiger partial charge in [0.1, 0.15) is 38.5 Å². The minimum Gasteiger partial charge on any atom is -0.478 e. The van der Waals surface area contributed by atoms with Crippen LogP contribution < -0.4 is 35.6 Å². The fourth-order valence-corrected chi connectivity index (χ4v) is 11.9. The summed E-state index contributed by atoms with van der Waals surface area (Å²) in [5.74, 6) is 3.03. The zero-order valence-electron chi connectivity index (χ0n) is 64.1. The zero-order valence-corrected chi connectivity index (χ0v) is 68.8. The van der Waals surface area contributed by atoms with Crippen LogP contribution in [0, 0.1) is 17.6 Å². The van der Waals surface area contributed by atoms with Gasteiger partial charge >= 0.3 is 7.12 Å². The van der Waals surface area contributed by atoms with Crippen molar-refractivity contribution in [3.8, 4) is 34.9 Å². The molecule has 0 aliphatic carbocycles. The van der Waals surface area contributed by atoms with Gasteiger partial charge in [0.2, 0.25) is 22.9 Å². The molecule has 5 N–H and O–H groups in total. The number of halogens is 6. The van der Waals surface area contributed by atoms with E-state index >= 15 is 0 Å². The molecule has 0 saturated carbocycles. The second-order valence-electron chi connectivity index (χ2n) is 26.5. The molecular weight excluding hydrogens is 1590 g/mol. The molecule has 110 heavy (non-hydrogen) atoms. The van der Waals surface area contributed by atoms with Gasteiger partial charge in [-0.25, -0.2) is 68.6 Å². The van der Waals surface area contributed by atoms with E-state index in [1.807, 2.05) is 79.5 Å². The Kier molecular flexibility index (Phi) is 33.0. The normalized spacial score (nSPS) is 13.7. The lowest BCUT2D eigenvalue weighted by Gasteiger charge is -2.33. The number of fused-ring (bicyclic) bond motifs is 3. The predicted molar refractivity (Wildman–Crippen MR) is 427 cm³/mol. The average Bonchev–Trinajstić information content (AvgIpc) is 1.62. The third-order valence-corrected chi connectivity index (χ3v) is 19.1. The maximum absolute atomic E-state index is 14.9. The SMILES string of the molecule is CC(C)C(Cl)C=O.CCN1CCN(Cc2ccc(Cc3ncc(F)c(-c4cn5c(C(C)C)cnc5c(OC)n4)n3)nc2)CC1.CCN1CCN(Cc2ccc(Nc3ncc(F)c(Cl)n3)nc2)CC1.COc1nc(B(O)O)cn2c(C(C)C)cnc12.COc1nc(Br)cn2c(C(C)C)cnc12.COc1nc(Br)cnc1N. The van der Waals surface area contributed by atoms with E-state index in [-0.39, 0.29) is 51.4 Å². The maximum Gasteiger partial charge on any atom is 0.509 e. The molecule has 588 valence electrons. The van der Waals surface area contributed by atoms with Crippen molar-refractivity contribution >= 4 is 109 Å². The Morgan fingerprint density at radius 3 is 1.48 bits per heavy atom. The number of hydrogen-bond acceptors (Lipinski definition) is 27. The van der Waals surface area contributed by atoms with Crippen LogP contribution in [0.3, 0.4) is 0 Å². The largest absolute Gasteiger partial charge is 0.509 e. The number of nitrogens with two attached hydrogens (primary N) is 1. The molecule has 0 bridgehead atoms. The summed E-state index contributed by atoms with van der Waals surface area (Å²) in [6, 6.07) is 7.98. The van der Waals surface area contributed by atoms with Crippen LogP contribution in [0.25, 0.3) is 28.3 Å². The zero-order chi connectivity index (χ0) is 79.9. The lowest BCUT2D eigenvalue weighted by molar-refractivity contribution is -0.108. The van der Waals surface area contributed by atoms with Gasteiger partial charge in [0.05, 0.1) is 64.4 Å². The number of nitrogens with one attached hydrogen (secondary N) is 1. The number of imidazole rings is 3. The monoisotopic (exact) mass is 1680 g/mol. The first kappa shape index (κ1) is 86.7. The standard InChI is InChI=1S/C27H33FN8O.C16H20ClFN6.C10H14BN3O3.C10H12BrN3O.C5H6BrN3O.C5H9ClO/c1-5-34-8-10-35(11-9-34)16-19-6-7-20(29-13-19)12-24-30-14-21(28)25(33-24)22-17-36-23(18(2)3)15-31-26(36)27(32-22)37-4;1-2-23-5-7-24(8-6-23)11-12-3-4-14(19-9-12)21-16-20-10-13(18)15(17)22-16;1-6(2)7-4-12-9-10(17-3)13-8(11(15)16)5-14(7)9;1-6(2)7-4-12-9-10(15-3)13-8(11)5-14(7)9;1-10-5-4(7)8-2-3(6)9-5;1-4(2)5(6)3-7/h6-7,13-15,17-18H,5,8-12,16H2,1-4H3;3-4,9-10H,2,5-8,11H2,1H3,(H,19,20,21,22);4-6,15-16H,1-3H3;4-6H,1-3H3;2H,1H3,(H2,7,8);3-5H,1-2H3. The smallest absolute Gasteiger partial charge is 0.478 e. The number of ether oxygens (including phenoxy) is 4. The maximum atomic E-state index is 14.9. The summed E-state index contributed by atoms with van der Waals surface area (Å²) in [5.41, 5.74) is 14.1. The molecular formula is C73H94BBr2Cl2F2N23O7. The Bertz CT molecular complexity index is 4750. The second kappa shape index (κ2) is 41.9. The van der Waals surface area contributed by atoms with E-state index in [0.717, 1.165) is 130 Å². The number of alkyl halides is 1. The van der Waals surface area contributed by atoms with Crippen molar-refractivity contribution in [3.63, 3.8) is 0 Å². The molecule has 13 rings (SSSR count). The highest BCUT2D eigenvalue weighted by atomic mass is 79.9. The van der Waals surface area contributed by atoms with E-state index in [0.29, 0.717) is 69.0 Å². The van der Waals surface area contributed by atoms with Crippen molar-refractivity contribution in [2.75, 3.05) is 105 Å². The highest BCUT2D eigenvalue weighted by molar-refractivity contribution is 9.10. The number of nitrogens with zero attached hydrogens (tertiary/aromatic N) is 21. The highest BCUT2D eigenvalue weighted by Gasteiger charge is 2.24. The molecule has 11 aromatic rings. The quantitative estimate of drug-likeness (QED) is 0.0225. The first-order valence-electron chi connectivity index (χ1n) is 35.6. The second-order valence-corrected chi connectivity index (χ2v) is 29.0. The summed E-state index contributed by atoms with van der Waals surface area (Å²) in [4.78, 5) is 78.3. The molecule has 1 atom stereocenters. The predicted octanol–water partition coefficient (Wildman–Crippen LogP) is 10.6. The molecule has 13 heterocycles. The number of pyridine rings is 2. The Balaban J connectivity index is 0.000000180. The van der Waals surface area contributed by atoms with Crippen molar-refractivity contribution in [3.05, 3.63) is 158 Å². The van der Waals surface area contributed by atoms with Gasteiger partial charge < -0.3 is 54.6 Å². The van der Waals surface area contributed by atoms with Crippen LogP contribution in [0.1, 0.15) is 127 Å². The van der Waals surface area contributed by atoms with Crippen molar-refractivity contribution in [1.82, 2.24) is 103 Å². The van der Waals surface area contributed by atoms with E-state index in [1.54, 1.807) is 36.3 Å². The minimum absolute atomic E-state index is 0.122. The van der Waals surface area contributed by atoms with E-state index in [1.165, 1.54) is 39.3 Å². The van der Waals surface area contributed by atoms with Crippen LogP contribution >= 0.6 is 55.1 Å². The number of piperazine rings is 2. The molecule has 2 aliphatic heterocycles. The first-order chi connectivity index (χ1) is 52.7. The van der Waals surface area contributed by atoms with Gasteiger partial charge in [0.25, 0.3) is 23.5 Å². The van der Waals surface area contributed by atoms with Gasteiger partial charge in [-0.3, -0.25) is 28.0 Å². The minimum atomic E-state index is -1.63. The number of aromatic nitrogens is 17. The summed E-state index contributed by atoms with van der Waals surface area (Å²) in [6.07, 6.45) is 19.2. The Hall–Kier alpha value is -8.91. The van der Waals surface area contributed by atoms with E-state index in [9.17, 15) is 23.6 Å². The molecule has 37 heteroatoms. The van der Waals surface area contributed by atoms with E-state index in [2.05, 4.69) is 174 Å². The molecule has 2 aliphatic rings. The number of hydrogen-bond donors (Lipinski definition) is 4. The van der Waals surface area contributed by atoms with Crippen molar-refractivity contribution in [1.29, 1.82) is 0 Å². The van der Waals surface area contributed by atoms with Gasteiger partial charge in [-0.1, -0.05) is 93.0 Å². The van der Waals surface area contributed by atoms with E-state index < -0.39 is 18.8 Å². The summed E-state index contributed by atoms with van der Waals surface area (Å²) < 4.78 is 55.5. The fraction of sp³-hybridized carbons (Fsp3) is 0.438. The van der Waals surface area contributed by atoms with Gasteiger partial charge in [-0.15, -0.1) is 11.6 Å². The average molecular weight is 1690 g/mol. The number of likely N-dealkylation sites (N-methyl/N-ethyl adjacent to an activating group) is 2. The van der Waals surface area contributed by atoms with Gasteiger partial charge in [-0.2, -0.15) is 4.98 Å². The molecule has 0 aromatic carbocycles. The van der Waals surface area contributed by atoms with Crippen LogP contribution in [0.4, 0.5) is 26.4 Å². The first-order valence-corrected chi connectivity index (χ1v) is 38.0. The van der Waals surface area contributed by atoms with Crippen molar-refractivity contribution < 1.29 is 42.6 Å². The lowest BCUT2D eigenvalue weighted by atomic mass is 9.87. The number of carbonyl (C=O) groups is 1. The molecule has 2 saturated heterocycles. The van der Waals surface area contributed by atoms with Gasteiger partial charge in [0, 0.05) is 138 Å². The molecule has 0 spiro atoms. The number of methoxy groups -OCH3 is 4. The summed E-state index contributed by atoms with van der Waals surface area (Å²) in [7, 11) is 4.46. The fourth-order valence-electron chi connectivity index (χ4n) is 11.2. The van der Waals surface area contributed by atoms with Crippen LogP contribution in [-0.2, 0) is 24.3 Å². The Labute approximate surface area is 665 Å². The van der Waals surface area contributed by atoms with Crippen molar-refractivity contribution in [2.45, 2.75) is 112 Å². The molecule has 11 aromatic heterocycles. The molecule has 0 amide bonds. The van der Waals surface area contributed by atoms with Gasteiger partial charge in [-0.05, 0) is 91.9 Å². The topological polar surface area (TPSA) is 339 Å². The van der Waals surface area contributed by atoms with Crippen LogP contribution in [0.2, 0.25) is 5.15 Å². The summed E-state index contributed by atoms with van der Waals surface area (Å²) >= 11 is 17.6. The summed E-state index contributed by atoms with van der Waals surface area (Å²) in [6.45, 7) is 33.5. The Morgan fingerprint density at radius 2 is 1.04 bits per heavy atom. The number of anilines is 3. The number of aldehydes is 1. The molecule has 2 fully saturated rings. The Morgan fingerprint density at radius 1 is 0.555 bits per heavy atom. The third kappa shape index (κ3) is 24.1. The lowest BCUT2D eigenvalue weighted by Crippen LogP contribution is -2.45. The van der Waals surface area contributed by atoms with Gasteiger partial charge in [0.15, 0.2) is 22.6 Å². The molecule has 30 nitrogen and oxygen atoms in total. The van der Waals surface area contributed by atoms with Crippen LogP contribution in [-0.4, -0.2) is 225 Å². The number of carbonyl (C=O) groups excluding carboxylic acids is 1. The van der Waals surface area contributed by atoms with E-state index in [4.69, 9.17) is 47.9 Å². The number of rotatable bonds is 21. The number of nitrogen functional groups attached to an aromatic ring is 1. The summed E-state index contributed by atoms with van der Waals surface area (Å²) in [5, 5.41) is 20.7. The van der Waals surface area contributed by atoms with Crippen LogP contribution in [0.5, 0.6) is 23.5 Å². The third-order valence-electron chi connectivity index (χ3n) is 17.4. The van der Waals surface area contributed by atoms with Crippen molar-refractivity contribution in [2.24, 2.45) is 5.92 Å². The molecule has 1 unspecified atom stereocenters.